The monoisotopic (exact) mass is 2100 g/mol. The van der Waals surface area contributed by atoms with E-state index in [1.807, 2.05) is 30.3 Å². The molecule has 8 rings (SSSR count). The molecule has 1 aliphatic heterocycles. The Hall–Kier alpha value is -14.4. The second-order valence-corrected chi connectivity index (χ2v) is 40.5. The number of thioether (sulfide) groups is 1. The van der Waals surface area contributed by atoms with Crippen molar-refractivity contribution in [3.05, 3.63) is 161 Å². The zero-order valence-electron chi connectivity index (χ0n) is 86.0. The number of nitrogens with one attached hydrogen (secondary N) is 14. The number of primary amides is 2. The molecule has 5 aromatic rings. The summed E-state index contributed by atoms with van der Waals surface area (Å²) in [7, 11) is 1.22. The molecule has 15 atom stereocenters. The topological polar surface area (TPSA) is 687 Å². The van der Waals surface area contributed by atoms with Crippen molar-refractivity contribution in [1.29, 1.82) is 0 Å². The van der Waals surface area contributed by atoms with Crippen molar-refractivity contribution >= 4 is 130 Å². The minimum Gasteiger partial charge on any atom is -0.482 e. The first-order valence-corrected chi connectivity index (χ1v) is 52.3. The Kier molecular flexibility index (Phi) is 49.5. The van der Waals surface area contributed by atoms with Gasteiger partial charge in [-0.05, 0) is 154 Å². The van der Waals surface area contributed by atoms with Gasteiger partial charge >= 0.3 is 17.9 Å². The van der Waals surface area contributed by atoms with Crippen molar-refractivity contribution in [3.63, 3.8) is 0 Å². The van der Waals surface area contributed by atoms with E-state index < -0.39 is 272 Å². The molecule has 44 heteroatoms. The third-order valence-corrected chi connectivity index (χ3v) is 27.6. The summed E-state index contributed by atoms with van der Waals surface area (Å²) in [4.78, 5) is 291. The zero-order chi connectivity index (χ0) is 110. The molecule has 0 spiro atoms. The number of benzene rings is 5. The summed E-state index contributed by atoms with van der Waals surface area (Å²) < 4.78 is 5.37. The number of nitrogens with two attached hydrogens (primary N) is 4. The molecule has 3 fully saturated rings. The third-order valence-electron chi connectivity index (χ3n) is 26.6. The van der Waals surface area contributed by atoms with Crippen LogP contribution in [-0.2, 0) is 122 Å². The van der Waals surface area contributed by atoms with E-state index in [4.69, 9.17) is 27.7 Å². The predicted octanol–water partition coefficient (Wildman–Crippen LogP) is 1.60. The van der Waals surface area contributed by atoms with Crippen LogP contribution in [0.5, 0.6) is 5.75 Å². The van der Waals surface area contributed by atoms with Gasteiger partial charge in [-0.1, -0.05) is 219 Å². The summed E-state index contributed by atoms with van der Waals surface area (Å²) in [6, 6.07) is 12.5. The average Bonchev–Trinajstić information content (AvgIpc) is 0.832. The van der Waals surface area contributed by atoms with E-state index in [1.54, 1.807) is 113 Å². The number of rotatable bonds is 35. The van der Waals surface area contributed by atoms with Crippen LogP contribution in [0.15, 0.2) is 133 Å². The number of aliphatic carboxylic acids is 3. The van der Waals surface area contributed by atoms with Crippen molar-refractivity contribution in [2.24, 2.45) is 46.6 Å². The van der Waals surface area contributed by atoms with Crippen LogP contribution in [0.2, 0.25) is 0 Å². The lowest BCUT2D eigenvalue weighted by Crippen LogP contribution is -2.61. The highest BCUT2D eigenvalue weighted by molar-refractivity contribution is 8.00. The molecule has 3 aliphatic rings. The second kappa shape index (κ2) is 61.5. The molecule has 2 saturated carbocycles. The van der Waals surface area contributed by atoms with Gasteiger partial charge in [0.2, 0.25) is 100 Å². The van der Waals surface area contributed by atoms with Crippen molar-refractivity contribution in [1.82, 2.24) is 79.3 Å². The lowest BCUT2D eigenvalue weighted by molar-refractivity contribution is -0.143. The first-order valence-electron chi connectivity index (χ1n) is 51.1. The second-order valence-electron chi connectivity index (χ2n) is 39.4. The first kappa shape index (κ1) is 121. The highest BCUT2D eigenvalue weighted by Gasteiger charge is 2.42. The van der Waals surface area contributed by atoms with Crippen molar-refractivity contribution in [2.45, 2.75) is 293 Å². The van der Waals surface area contributed by atoms with Gasteiger partial charge in [-0.2, -0.15) is 0 Å². The van der Waals surface area contributed by atoms with Gasteiger partial charge in [0.25, 0.3) is 0 Å². The normalized spacial score (nSPS) is 23.5. The number of carbonyl (C=O) groups excluding carboxylic acids is 17. The molecule has 150 heavy (non-hydrogen) atoms. The highest BCUT2D eigenvalue weighted by atomic mass is 32.2. The van der Waals surface area contributed by atoms with Crippen LogP contribution in [0.3, 0.4) is 0 Å². The molecule has 2 aliphatic carbocycles. The van der Waals surface area contributed by atoms with Crippen LogP contribution in [0.1, 0.15) is 197 Å². The molecule has 17 amide bonds. The van der Waals surface area contributed by atoms with E-state index in [-0.39, 0.29) is 99.9 Å². The van der Waals surface area contributed by atoms with Crippen LogP contribution < -0.4 is 102 Å². The van der Waals surface area contributed by atoms with Crippen LogP contribution in [0.4, 0.5) is 0 Å². The van der Waals surface area contributed by atoms with Crippen LogP contribution in [0.25, 0.3) is 11.1 Å². The summed E-state index contributed by atoms with van der Waals surface area (Å²) in [5.74, 6) is -24.4. The predicted molar refractivity (Wildman–Crippen MR) is 556 cm³/mol. The fraction of sp³-hybridized carbons (Fsp3) is 0.528. The van der Waals surface area contributed by atoms with Gasteiger partial charge in [-0.15, -0.1) is 11.8 Å². The lowest BCUT2D eigenvalue weighted by Gasteiger charge is -2.32. The van der Waals surface area contributed by atoms with E-state index in [0.29, 0.717) is 59.7 Å². The first-order chi connectivity index (χ1) is 71.4. The molecule has 7 unspecified atom stereocenters. The number of carboxylic acids is 3. The van der Waals surface area contributed by atoms with Crippen LogP contribution >= 0.6 is 11.8 Å². The molecule has 1 heterocycles. The molecule has 0 radical (unpaired) electrons. The molecule has 1 saturated heterocycles. The average molecular weight is 2100 g/mol. The summed E-state index contributed by atoms with van der Waals surface area (Å²) in [6.45, 7) is 8.46. The maximum atomic E-state index is 15.7. The standard InChI is InChI=1S/C106H147N19O24S/c1-60(2)49-78-97(139)114-76(46-48-108)96(138)119-82(52-66-26-16-10-17-27-66)103(145)124-91(61(3)4)105(147)115-75(42-44-88(128)129)95(137)123-85(104(146)112-73(45-47-107)92(110)134)58-150-59-87(127)111-79(51-65-24-14-9-15-25-65)98(140)120-81(54-68-33-38-72(39-34-68)149-57-90(132)133)101(143)122-84(56-89(130)131)102(144)121-83(55-69-28-20-21-62(5)50-69)99(141)113-74(40-35-64-22-12-8-13-23-64)94(136)118-80(53-67-31-36-71(37-32-67)70-29-18-11-19-30-70)100(142)116-77(41-43-86(109)126)106(148)125(7)63(6)93(135)117-78/h8,11-13,18-23,28-34,36-39,50,60-61,63,65-66,73-85,91H,9-10,14-17,24-27,35,40-49,51-59,107-108H2,1-7H3,(H2,109,126)(H2,110,134)(H,111,127)(H,112,146)(H,113,141)(H,114,139)(H,115,147)(H,116,142)(H,117,135)(H,118,136)(H,119,138)(H,120,140)(H,121,144)(H,122,143)(H,123,137)(H,124,145)(H,128,129)(H,130,131)(H,132,133)/t63-,73?,74-,75-,76-,77?,78+,79?,80-,81?,82?,83?,84-,85-,91?/m0/s1. The van der Waals surface area contributed by atoms with Crippen LogP contribution in [-0.4, -0.2) is 267 Å². The smallest absolute Gasteiger partial charge is 0.341 e. The maximum absolute atomic E-state index is 15.7. The molecule has 43 nitrogen and oxygen atoms in total. The van der Waals surface area contributed by atoms with E-state index in [2.05, 4.69) is 74.4 Å². The fourth-order valence-corrected chi connectivity index (χ4v) is 19.0. The Labute approximate surface area is 876 Å². The van der Waals surface area contributed by atoms with Crippen molar-refractivity contribution in [2.75, 3.05) is 38.2 Å². The van der Waals surface area contributed by atoms with Gasteiger partial charge in [-0.3, -0.25) is 91.1 Å². The number of nitrogens with zero attached hydrogens (tertiary/aromatic N) is 1. The number of likely N-dealkylation sites (N-methyl/N-ethyl adjacent to an activating group) is 1. The third kappa shape index (κ3) is 40.9. The van der Waals surface area contributed by atoms with Gasteiger partial charge in [0.05, 0.1) is 12.2 Å². The quantitative estimate of drug-likeness (QED) is 0.0274. The van der Waals surface area contributed by atoms with Gasteiger partial charge in [-0.25, -0.2) is 4.79 Å². The van der Waals surface area contributed by atoms with E-state index in [1.165, 1.54) is 38.2 Å². The van der Waals surface area contributed by atoms with E-state index in [0.717, 1.165) is 54.6 Å². The van der Waals surface area contributed by atoms with Gasteiger partial charge in [0, 0.05) is 44.9 Å². The van der Waals surface area contributed by atoms with Gasteiger partial charge < -0.3 is 122 Å². The molecule has 0 bridgehead atoms. The Morgan fingerprint density at radius 1 is 0.440 bits per heavy atom. The van der Waals surface area contributed by atoms with E-state index in [9.17, 15) is 72.9 Å². The number of carboxylic acid groups (broad SMARTS) is 3. The van der Waals surface area contributed by atoms with Gasteiger partial charge in [0.1, 0.15) is 96.4 Å². The number of amides is 17. The highest BCUT2D eigenvalue weighted by Crippen LogP contribution is 2.31. The molecule has 816 valence electrons. The number of ether oxygens (including phenoxy) is 1. The molecule has 5 aromatic carbocycles. The number of hydrogen-bond donors (Lipinski definition) is 21. The minimum atomic E-state index is -2.11. The SMILES string of the molecule is Cc1cccc(CC2NC(=O)[C@H](CC(=O)O)NC(=O)C(Cc3ccc(OCC(=O)O)cc3)NC(=O)C(CC3CCCCC3)NC(=O)CSC[C@@H](C(=O)NC(CCN)C(N)=O)NC(=O)[C@H](CCC(=O)O)NC(=O)C(C(C)C)NC(=O)C(CC3CCCCC3)NC(=O)[C@H](CCN)NC(=O)[C@@H](CC(C)C)NC(=O)[C@H](C)N(C)C(=O)C(CCC(N)=O)NC(=O)[C@H](Cc3ccc(-c4ccccc4)cc3)NC(=O)[C@H](CCc3ccccc3)NC2=O)c1. The van der Waals surface area contributed by atoms with Crippen molar-refractivity contribution in [3.8, 4) is 16.9 Å². The lowest BCUT2D eigenvalue weighted by atomic mass is 9.84. The number of aryl methyl sites for hydroxylation is 2. The Balaban J connectivity index is 1.25. The number of carbonyl (C=O) groups is 20. The minimum absolute atomic E-state index is 0.00711. The largest absolute Gasteiger partial charge is 0.482 e. The molecular weight excluding hydrogens is 1960 g/mol. The summed E-state index contributed by atoms with van der Waals surface area (Å²) in [6.07, 6.45) is 1.58. The van der Waals surface area contributed by atoms with Crippen LogP contribution in [0, 0.1) is 30.6 Å². The fourth-order valence-electron chi connectivity index (χ4n) is 18.1. The van der Waals surface area contributed by atoms with E-state index >= 15 is 38.4 Å². The molecular formula is C106H147N19O24S. The molecule has 0 aromatic heterocycles. The summed E-state index contributed by atoms with van der Waals surface area (Å²) in [5.41, 5.74) is 27.5. The summed E-state index contributed by atoms with van der Waals surface area (Å²) >= 11 is 0.710. The summed E-state index contributed by atoms with van der Waals surface area (Å²) in [5, 5.41) is 67.4. The number of hydrogen-bond acceptors (Lipinski definition) is 24. The Morgan fingerprint density at radius 2 is 0.887 bits per heavy atom. The van der Waals surface area contributed by atoms with Gasteiger partial charge in [0.15, 0.2) is 6.61 Å². The zero-order valence-corrected chi connectivity index (χ0v) is 86.8. The molecule has 25 N–H and O–H groups in total. The Bertz CT molecular complexity index is 5440. The maximum Gasteiger partial charge on any atom is 0.341 e. The van der Waals surface area contributed by atoms with Crippen molar-refractivity contribution < 1.29 is 116 Å². The Morgan fingerprint density at radius 3 is 1.41 bits per heavy atom.